The second-order valence-corrected chi connectivity index (χ2v) is 8.80. The summed E-state index contributed by atoms with van der Waals surface area (Å²) in [7, 11) is -1.61. The fourth-order valence-electron chi connectivity index (χ4n) is 1.08. The van der Waals surface area contributed by atoms with Crippen LogP contribution in [0, 0.1) is 0 Å². The van der Waals surface area contributed by atoms with E-state index in [-0.39, 0.29) is 38.8 Å². The Kier molecular flexibility index (Phi) is 21.3. The van der Waals surface area contributed by atoms with E-state index in [9.17, 15) is 0 Å². The molecule has 0 radical (unpaired) electrons. The Morgan fingerprint density at radius 1 is 0.933 bits per heavy atom. The maximum absolute atomic E-state index is 8.91. The third-order valence-corrected chi connectivity index (χ3v) is 1.57. The van der Waals surface area contributed by atoms with Crippen LogP contribution in [-0.4, -0.2) is 35.3 Å². The SMILES string of the molecule is C[Si](C)(C)O.O.O.OC1CCCCC1.[Ti]. The molecule has 6 N–H and O–H groups in total. The Morgan fingerprint density at radius 2 is 1.20 bits per heavy atom. The van der Waals surface area contributed by atoms with Gasteiger partial charge in [0, 0.05) is 21.7 Å². The molecule has 1 aliphatic rings. The summed E-state index contributed by atoms with van der Waals surface area (Å²) in [5.74, 6) is 0. The smallest absolute Gasteiger partial charge is 0.179 e. The molecule has 4 nitrogen and oxygen atoms in total. The molecular weight excluding hydrogens is 248 g/mol. The average Bonchev–Trinajstić information content (AvgIpc) is 1.85. The molecule has 1 aliphatic carbocycles. The summed E-state index contributed by atoms with van der Waals surface area (Å²) in [6, 6.07) is 0. The largest absolute Gasteiger partial charge is 0.433 e. The van der Waals surface area contributed by atoms with Crippen molar-refractivity contribution in [3.63, 3.8) is 0 Å². The van der Waals surface area contributed by atoms with Crippen LogP contribution < -0.4 is 0 Å². The van der Waals surface area contributed by atoms with Gasteiger partial charge in [-0.1, -0.05) is 19.3 Å². The van der Waals surface area contributed by atoms with Crippen LogP contribution in [0.1, 0.15) is 32.1 Å². The first-order valence-corrected chi connectivity index (χ1v) is 8.25. The molecule has 0 aromatic rings. The minimum Gasteiger partial charge on any atom is -0.433 e. The van der Waals surface area contributed by atoms with E-state index < -0.39 is 8.32 Å². The number of hydrogen-bond acceptors (Lipinski definition) is 2. The minimum absolute atomic E-state index is 0. The molecule has 0 bridgehead atoms. The van der Waals surface area contributed by atoms with Crippen LogP contribution in [-0.2, 0) is 21.7 Å². The van der Waals surface area contributed by atoms with Crippen LogP contribution in [0.3, 0.4) is 0 Å². The van der Waals surface area contributed by atoms with Gasteiger partial charge < -0.3 is 20.9 Å². The molecule has 6 heteroatoms. The molecule has 0 atom stereocenters. The molecule has 0 aliphatic heterocycles. The van der Waals surface area contributed by atoms with Gasteiger partial charge in [-0.2, -0.15) is 0 Å². The topological polar surface area (TPSA) is 103 Å². The first-order chi connectivity index (χ1) is 5.39. The van der Waals surface area contributed by atoms with Crippen molar-refractivity contribution in [1.82, 2.24) is 0 Å². The summed E-state index contributed by atoms with van der Waals surface area (Å²) >= 11 is 0. The van der Waals surface area contributed by atoms with Crippen LogP contribution in [0.5, 0.6) is 0 Å². The molecule has 15 heavy (non-hydrogen) atoms. The first-order valence-electron chi connectivity index (χ1n) is 4.80. The molecule has 0 saturated heterocycles. The zero-order chi connectivity index (χ0) is 9.61. The van der Waals surface area contributed by atoms with Crippen molar-refractivity contribution in [3.05, 3.63) is 0 Å². The summed E-state index contributed by atoms with van der Waals surface area (Å²) in [5, 5.41) is 8.91. The summed E-state index contributed by atoms with van der Waals surface area (Å²) in [6.45, 7) is 5.65. The van der Waals surface area contributed by atoms with Crippen molar-refractivity contribution < 1.29 is 42.6 Å². The standard InChI is InChI=1S/C6H12O.C3H10OSi.2H2O.Ti/c7-6-4-2-1-3-5-6;1-5(2,3)4;;;/h6-7H,1-5H2;4H,1-3H3;2*1H2;. The summed E-state index contributed by atoms with van der Waals surface area (Å²) in [6.07, 6.45) is 5.92. The van der Waals surface area contributed by atoms with Gasteiger partial charge in [0.1, 0.15) is 0 Å². The minimum atomic E-state index is -1.61. The van der Waals surface area contributed by atoms with Crippen molar-refractivity contribution in [3.8, 4) is 0 Å². The second kappa shape index (κ2) is 12.8. The Hall–Kier alpha value is 0.771. The Morgan fingerprint density at radius 3 is 1.33 bits per heavy atom. The van der Waals surface area contributed by atoms with Crippen LogP contribution >= 0.6 is 0 Å². The van der Waals surface area contributed by atoms with E-state index in [0.29, 0.717) is 0 Å². The van der Waals surface area contributed by atoms with Crippen LogP contribution in [0.4, 0.5) is 0 Å². The van der Waals surface area contributed by atoms with E-state index in [4.69, 9.17) is 9.90 Å². The fourth-order valence-corrected chi connectivity index (χ4v) is 1.08. The maximum Gasteiger partial charge on any atom is 0.179 e. The van der Waals surface area contributed by atoms with Gasteiger partial charge in [-0.05, 0) is 32.5 Å². The maximum atomic E-state index is 8.91. The number of rotatable bonds is 0. The Labute approximate surface area is 109 Å². The van der Waals surface area contributed by atoms with E-state index in [1.54, 1.807) is 0 Å². The molecule has 94 valence electrons. The number of aliphatic hydroxyl groups is 1. The zero-order valence-electron chi connectivity index (χ0n) is 10.0. The van der Waals surface area contributed by atoms with E-state index >= 15 is 0 Å². The average molecular weight is 274 g/mol. The number of aliphatic hydroxyl groups excluding tert-OH is 1. The predicted molar refractivity (Wildman–Crippen MR) is 61.9 cm³/mol. The van der Waals surface area contributed by atoms with Gasteiger partial charge in [0.25, 0.3) is 0 Å². The molecular formula is C9H26O4SiTi. The van der Waals surface area contributed by atoms with Crippen molar-refractivity contribution in [1.29, 1.82) is 0 Å². The molecule has 0 aromatic heterocycles. The van der Waals surface area contributed by atoms with Gasteiger partial charge in [-0.15, -0.1) is 0 Å². The fraction of sp³-hybridized carbons (Fsp3) is 1.00. The third kappa shape index (κ3) is 31.3. The summed E-state index contributed by atoms with van der Waals surface area (Å²) in [5.41, 5.74) is 0. The first kappa shape index (κ1) is 24.8. The Bertz CT molecular complexity index is 107. The molecule has 1 saturated carbocycles. The van der Waals surface area contributed by atoms with Gasteiger partial charge in [0.15, 0.2) is 8.32 Å². The molecule has 0 aromatic carbocycles. The van der Waals surface area contributed by atoms with E-state index in [0.717, 1.165) is 12.8 Å². The van der Waals surface area contributed by atoms with Gasteiger partial charge in [0.2, 0.25) is 0 Å². The van der Waals surface area contributed by atoms with Crippen LogP contribution in [0.15, 0.2) is 0 Å². The molecule has 0 unspecified atom stereocenters. The van der Waals surface area contributed by atoms with Crippen molar-refractivity contribution in [2.24, 2.45) is 0 Å². The molecule has 0 amide bonds. The van der Waals surface area contributed by atoms with Crippen LogP contribution in [0.2, 0.25) is 19.6 Å². The number of hydrogen-bond donors (Lipinski definition) is 2. The zero-order valence-corrected chi connectivity index (χ0v) is 12.6. The van der Waals surface area contributed by atoms with Crippen molar-refractivity contribution in [2.75, 3.05) is 0 Å². The van der Waals surface area contributed by atoms with Crippen LogP contribution in [0.25, 0.3) is 0 Å². The van der Waals surface area contributed by atoms with Gasteiger partial charge in [-0.3, -0.25) is 0 Å². The Balaban J connectivity index is -0.0000000701. The second-order valence-electron chi connectivity index (χ2n) is 4.46. The molecule has 0 heterocycles. The molecule has 1 rings (SSSR count). The quantitative estimate of drug-likeness (QED) is 0.627. The van der Waals surface area contributed by atoms with Gasteiger partial charge in [-0.25, -0.2) is 0 Å². The third-order valence-electron chi connectivity index (χ3n) is 1.57. The van der Waals surface area contributed by atoms with Gasteiger partial charge >= 0.3 is 0 Å². The molecule has 1 fully saturated rings. The van der Waals surface area contributed by atoms with E-state index in [1.807, 2.05) is 19.6 Å². The van der Waals surface area contributed by atoms with E-state index in [1.165, 1.54) is 19.3 Å². The summed E-state index contributed by atoms with van der Waals surface area (Å²) < 4.78 is 0. The molecule has 0 spiro atoms. The van der Waals surface area contributed by atoms with Crippen molar-refractivity contribution >= 4 is 8.32 Å². The monoisotopic (exact) mass is 274 g/mol. The summed E-state index contributed by atoms with van der Waals surface area (Å²) in [4.78, 5) is 8.66. The van der Waals surface area contributed by atoms with Crippen molar-refractivity contribution in [2.45, 2.75) is 57.8 Å². The predicted octanol–water partition coefficient (Wildman–Crippen LogP) is 0.473. The van der Waals surface area contributed by atoms with Gasteiger partial charge in [0.05, 0.1) is 6.10 Å². The van der Waals surface area contributed by atoms with E-state index in [2.05, 4.69) is 0 Å². The normalized spacial score (nSPS) is 15.8.